The van der Waals surface area contributed by atoms with Crippen molar-refractivity contribution in [1.82, 2.24) is 5.43 Å². The van der Waals surface area contributed by atoms with Crippen LogP contribution in [-0.2, 0) is 6.42 Å². The maximum atomic E-state index is 5.62. The van der Waals surface area contributed by atoms with E-state index in [1.54, 1.807) is 0 Å². The van der Waals surface area contributed by atoms with Gasteiger partial charge in [-0.2, -0.15) is 0 Å². The van der Waals surface area contributed by atoms with Gasteiger partial charge in [-0.1, -0.05) is 38.1 Å². The van der Waals surface area contributed by atoms with Gasteiger partial charge in [-0.3, -0.25) is 11.3 Å². The predicted molar refractivity (Wildman–Crippen MR) is 68.1 cm³/mol. The van der Waals surface area contributed by atoms with Crippen molar-refractivity contribution >= 4 is 0 Å². The maximum Gasteiger partial charge on any atom is 0.0218 e. The molecule has 0 bridgehead atoms. The first kappa shape index (κ1) is 11.6. The zero-order valence-corrected chi connectivity index (χ0v) is 10.2. The lowest BCUT2D eigenvalue weighted by atomic mass is 9.74. The summed E-state index contributed by atoms with van der Waals surface area (Å²) < 4.78 is 0. The van der Waals surface area contributed by atoms with Gasteiger partial charge in [0.15, 0.2) is 0 Å². The van der Waals surface area contributed by atoms with Gasteiger partial charge in [0.25, 0.3) is 0 Å². The molecule has 1 aromatic carbocycles. The second-order valence-corrected chi connectivity index (χ2v) is 5.33. The molecular weight excluding hydrogens is 196 g/mol. The van der Waals surface area contributed by atoms with Gasteiger partial charge >= 0.3 is 0 Å². The zero-order chi connectivity index (χ0) is 11.5. The lowest BCUT2D eigenvalue weighted by Crippen LogP contribution is -2.38. The van der Waals surface area contributed by atoms with Crippen LogP contribution in [0.4, 0.5) is 0 Å². The fraction of sp³-hybridized carbons (Fsp3) is 0.571. The van der Waals surface area contributed by atoms with Crippen molar-refractivity contribution in [2.45, 2.75) is 45.1 Å². The Hall–Kier alpha value is -0.860. The van der Waals surface area contributed by atoms with Gasteiger partial charge in [0.1, 0.15) is 0 Å². The topological polar surface area (TPSA) is 38.0 Å². The predicted octanol–water partition coefficient (Wildman–Crippen LogP) is 2.59. The Labute approximate surface area is 98.2 Å². The van der Waals surface area contributed by atoms with Crippen LogP contribution in [0.3, 0.4) is 0 Å². The number of fused-ring (bicyclic) bond motifs is 1. The first-order chi connectivity index (χ1) is 7.70. The van der Waals surface area contributed by atoms with Crippen LogP contribution in [0.5, 0.6) is 0 Å². The van der Waals surface area contributed by atoms with Crippen molar-refractivity contribution in [3.63, 3.8) is 0 Å². The molecule has 3 N–H and O–H groups in total. The van der Waals surface area contributed by atoms with Gasteiger partial charge in [-0.15, -0.1) is 0 Å². The van der Waals surface area contributed by atoms with Crippen LogP contribution >= 0.6 is 0 Å². The van der Waals surface area contributed by atoms with Crippen LogP contribution in [0.25, 0.3) is 0 Å². The Morgan fingerprint density at radius 3 is 2.75 bits per heavy atom. The summed E-state index contributed by atoms with van der Waals surface area (Å²) >= 11 is 0. The molecule has 0 saturated heterocycles. The molecule has 16 heavy (non-hydrogen) atoms. The normalized spacial score (nSPS) is 20.4. The third kappa shape index (κ3) is 2.45. The highest BCUT2D eigenvalue weighted by Crippen LogP contribution is 2.38. The van der Waals surface area contributed by atoms with Crippen molar-refractivity contribution in [2.24, 2.45) is 11.8 Å². The van der Waals surface area contributed by atoms with Crippen LogP contribution < -0.4 is 11.3 Å². The molecule has 2 atom stereocenters. The summed E-state index contributed by atoms with van der Waals surface area (Å²) in [4.78, 5) is 0. The number of hydrazine groups is 1. The number of hydrogen-bond acceptors (Lipinski definition) is 2. The molecule has 88 valence electrons. The second kappa shape index (κ2) is 4.98. The molecule has 0 aliphatic heterocycles. The van der Waals surface area contributed by atoms with Crippen LogP contribution in [0.15, 0.2) is 24.3 Å². The van der Waals surface area contributed by atoms with E-state index in [2.05, 4.69) is 43.5 Å². The molecule has 1 aromatic rings. The minimum atomic E-state index is 0.457. The summed E-state index contributed by atoms with van der Waals surface area (Å²) in [5.41, 5.74) is 6.02. The number of benzene rings is 1. The standard InChI is InChI=1S/C14H22N2/c1-10(2)7-13(16-15)9-12-8-11-5-3-4-6-14(11)12/h3-6,10,12-13,16H,7-9,15H2,1-2H3. The molecule has 0 saturated carbocycles. The molecule has 0 radical (unpaired) electrons. The molecule has 2 nitrogen and oxygen atoms in total. The summed E-state index contributed by atoms with van der Waals surface area (Å²) in [7, 11) is 0. The Kier molecular flexibility index (Phi) is 3.62. The van der Waals surface area contributed by atoms with E-state index in [0.29, 0.717) is 12.0 Å². The third-order valence-corrected chi connectivity index (χ3v) is 3.52. The van der Waals surface area contributed by atoms with Crippen LogP contribution in [0.2, 0.25) is 0 Å². The Morgan fingerprint density at radius 2 is 2.12 bits per heavy atom. The molecular formula is C14H22N2. The largest absolute Gasteiger partial charge is 0.271 e. The summed E-state index contributed by atoms with van der Waals surface area (Å²) in [6, 6.07) is 9.21. The van der Waals surface area contributed by atoms with E-state index in [0.717, 1.165) is 12.3 Å². The van der Waals surface area contributed by atoms with Gasteiger partial charge in [-0.05, 0) is 42.2 Å². The average molecular weight is 218 g/mol. The Morgan fingerprint density at radius 1 is 1.38 bits per heavy atom. The van der Waals surface area contributed by atoms with E-state index in [9.17, 15) is 0 Å². The molecule has 0 spiro atoms. The van der Waals surface area contributed by atoms with Gasteiger partial charge in [0.2, 0.25) is 0 Å². The van der Waals surface area contributed by atoms with E-state index < -0.39 is 0 Å². The second-order valence-electron chi connectivity index (χ2n) is 5.33. The summed E-state index contributed by atoms with van der Waals surface area (Å²) in [6.45, 7) is 4.50. The fourth-order valence-corrected chi connectivity index (χ4v) is 2.72. The molecule has 2 heteroatoms. The molecule has 0 fully saturated rings. The molecule has 0 amide bonds. The number of rotatable bonds is 5. The average Bonchev–Trinajstić information content (AvgIpc) is 2.23. The SMILES string of the molecule is CC(C)CC(CC1Cc2ccccc21)NN. The van der Waals surface area contributed by atoms with Crippen molar-refractivity contribution in [1.29, 1.82) is 0 Å². The monoisotopic (exact) mass is 218 g/mol. The molecule has 0 heterocycles. The highest BCUT2D eigenvalue weighted by atomic mass is 15.2. The van der Waals surface area contributed by atoms with Crippen molar-refractivity contribution in [3.05, 3.63) is 35.4 Å². The van der Waals surface area contributed by atoms with Gasteiger partial charge in [0.05, 0.1) is 0 Å². The molecule has 1 aliphatic carbocycles. The van der Waals surface area contributed by atoms with Crippen molar-refractivity contribution in [3.8, 4) is 0 Å². The van der Waals surface area contributed by atoms with E-state index in [1.165, 1.54) is 24.0 Å². The highest BCUT2D eigenvalue weighted by molar-refractivity contribution is 5.39. The maximum absolute atomic E-state index is 5.62. The van der Waals surface area contributed by atoms with Crippen LogP contribution in [0, 0.1) is 5.92 Å². The number of hydrogen-bond donors (Lipinski definition) is 2. The van der Waals surface area contributed by atoms with E-state index >= 15 is 0 Å². The Bertz CT molecular complexity index is 346. The van der Waals surface area contributed by atoms with E-state index in [4.69, 9.17) is 5.84 Å². The number of nitrogens with one attached hydrogen (secondary N) is 1. The van der Waals surface area contributed by atoms with Crippen molar-refractivity contribution < 1.29 is 0 Å². The summed E-state index contributed by atoms with van der Waals surface area (Å²) in [5.74, 6) is 7.04. The quantitative estimate of drug-likeness (QED) is 0.589. The minimum Gasteiger partial charge on any atom is -0.271 e. The lowest BCUT2D eigenvalue weighted by Gasteiger charge is -2.33. The zero-order valence-electron chi connectivity index (χ0n) is 10.2. The van der Waals surface area contributed by atoms with E-state index in [-0.39, 0.29) is 0 Å². The third-order valence-electron chi connectivity index (χ3n) is 3.52. The smallest absolute Gasteiger partial charge is 0.0218 e. The van der Waals surface area contributed by atoms with Crippen LogP contribution in [0.1, 0.15) is 43.7 Å². The molecule has 2 unspecified atom stereocenters. The summed E-state index contributed by atoms with van der Waals surface area (Å²) in [6.07, 6.45) is 3.56. The van der Waals surface area contributed by atoms with Gasteiger partial charge < -0.3 is 0 Å². The molecule has 1 aliphatic rings. The van der Waals surface area contributed by atoms with Crippen molar-refractivity contribution in [2.75, 3.05) is 0 Å². The fourth-order valence-electron chi connectivity index (χ4n) is 2.72. The van der Waals surface area contributed by atoms with Crippen LogP contribution in [-0.4, -0.2) is 6.04 Å². The lowest BCUT2D eigenvalue weighted by molar-refractivity contribution is 0.365. The molecule has 0 aromatic heterocycles. The number of nitrogens with two attached hydrogens (primary N) is 1. The van der Waals surface area contributed by atoms with E-state index in [1.807, 2.05) is 0 Å². The summed E-state index contributed by atoms with van der Waals surface area (Å²) in [5, 5.41) is 0. The Balaban J connectivity index is 1.92. The highest BCUT2D eigenvalue weighted by Gasteiger charge is 2.27. The first-order valence-electron chi connectivity index (χ1n) is 6.24. The minimum absolute atomic E-state index is 0.457. The van der Waals surface area contributed by atoms with Gasteiger partial charge in [-0.25, -0.2) is 0 Å². The first-order valence-corrected chi connectivity index (χ1v) is 6.24. The molecule has 2 rings (SSSR count). The van der Waals surface area contributed by atoms with Gasteiger partial charge in [0, 0.05) is 6.04 Å².